The summed E-state index contributed by atoms with van der Waals surface area (Å²) in [6.07, 6.45) is 0. The van der Waals surface area contributed by atoms with Gasteiger partial charge in [0.15, 0.2) is 0 Å². The summed E-state index contributed by atoms with van der Waals surface area (Å²) < 4.78 is 14.7. The molecule has 0 unspecified atom stereocenters. The molecule has 0 atom stereocenters. The van der Waals surface area contributed by atoms with Gasteiger partial charge < -0.3 is 13.4 Å². The molecular formula is C36H20ClNO2. The SMILES string of the molecule is Clc1ccc2oc3ccc(-c4ccc5oc6ccc(-n7c8ccccc8c8ccccc87)cc6c5c4)cc3c2c1. The third kappa shape index (κ3) is 3.07. The fourth-order valence-corrected chi connectivity index (χ4v) is 6.39. The summed E-state index contributed by atoms with van der Waals surface area (Å²) in [6, 6.07) is 42.2. The lowest BCUT2D eigenvalue weighted by Crippen LogP contribution is -1.93. The summed E-state index contributed by atoms with van der Waals surface area (Å²) >= 11 is 6.30. The summed E-state index contributed by atoms with van der Waals surface area (Å²) in [7, 11) is 0. The first-order chi connectivity index (χ1) is 19.7. The maximum Gasteiger partial charge on any atom is 0.135 e. The molecule has 0 saturated heterocycles. The highest BCUT2D eigenvalue weighted by Gasteiger charge is 2.15. The van der Waals surface area contributed by atoms with Gasteiger partial charge in [0.1, 0.15) is 22.3 Å². The Hall–Kier alpha value is -4.99. The van der Waals surface area contributed by atoms with Crippen molar-refractivity contribution in [2.45, 2.75) is 0 Å². The van der Waals surface area contributed by atoms with Gasteiger partial charge in [-0.05, 0) is 83.9 Å². The van der Waals surface area contributed by atoms with Crippen molar-refractivity contribution in [3.05, 3.63) is 126 Å². The van der Waals surface area contributed by atoms with Gasteiger partial charge in [-0.15, -0.1) is 0 Å². The van der Waals surface area contributed by atoms with Crippen LogP contribution in [0.2, 0.25) is 5.02 Å². The molecule has 40 heavy (non-hydrogen) atoms. The van der Waals surface area contributed by atoms with E-state index in [1.807, 2.05) is 24.3 Å². The largest absolute Gasteiger partial charge is 0.456 e. The minimum atomic E-state index is 0.700. The van der Waals surface area contributed by atoms with Crippen LogP contribution >= 0.6 is 11.6 Å². The Morgan fingerprint density at radius 2 is 0.900 bits per heavy atom. The number of hydrogen-bond donors (Lipinski definition) is 0. The second kappa shape index (κ2) is 8.01. The Kier molecular flexibility index (Phi) is 4.38. The Morgan fingerprint density at radius 3 is 1.50 bits per heavy atom. The third-order valence-electron chi connectivity index (χ3n) is 8.06. The van der Waals surface area contributed by atoms with Crippen LogP contribution in [-0.4, -0.2) is 4.57 Å². The van der Waals surface area contributed by atoms with Crippen molar-refractivity contribution in [3.8, 4) is 16.8 Å². The van der Waals surface area contributed by atoms with E-state index in [1.165, 1.54) is 21.8 Å². The van der Waals surface area contributed by atoms with Gasteiger partial charge >= 0.3 is 0 Å². The molecule has 0 amide bonds. The number of rotatable bonds is 2. The predicted molar refractivity (Wildman–Crippen MR) is 166 cm³/mol. The quantitative estimate of drug-likeness (QED) is 0.221. The van der Waals surface area contributed by atoms with Gasteiger partial charge in [0.05, 0.1) is 11.0 Å². The van der Waals surface area contributed by atoms with Gasteiger partial charge in [-0.3, -0.25) is 0 Å². The van der Waals surface area contributed by atoms with Crippen molar-refractivity contribution >= 4 is 77.3 Å². The van der Waals surface area contributed by atoms with Gasteiger partial charge in [-0.2, -0.15) is 0 Å². The summed E-state index contributed by atoms with van der Waals surface area (Å²) in [5.74, 6) is 0. The second-order valence-electron chi connectivity index (χ2n) is 10.3. The van der Waals surface area contributed by atoms with Crippen LogP contribution < -0.4 is 0 Å². The molecule has 3 nitrogen and oxygen atoms in total. The lowest BCUT2D eigenvalue weighted by Gasteiger charge is -2.08. The summed E-state index contributed by atoms with van der Waals surface area (Å²) in [4.78, 5) is 0. The lowest BCUT2D eigenvalue weighted by molar-refractivity contribution is 0.668. The van der Waals surface area contributed by atoms with E-state index in [2.05, 4.69) is 102 Å². The Bertz CT molecular complexity index is 2400. The van der Waals surface area contributed by atoms with Crippen molar-refractivity contribution in [2.75, 3.05) is 0 Å². The summed E-state index contributed by atoms with van der Waals surface area (Å²) in [6.45, 7) is 0. The molecule has 0 aliphatic heterocycles. The molecule has 9 rings (SSSR count). The average Bonchev–Trinajstić information content (AvgIpc) is 3.65. The van der Waals surface area contributed by atoms with Crippen LogP contribution in [-0.2, 0) is 0 Å². The van der Waals surface area contributed by atoms with Gasteiger partial charge in [-0.25, -0.2) is 0 Å². The predicted octanol–water partition coefficient (Wildman–Crippen LogP) is 10.9. The molecule has 9 aromatic rings. The zero-order chi connectivity index (χ0) is 26.4. The monoisotopic (exact) mass is 533 g/mol. The fraction of sp³-hybridized carbons (Fsp3) is 0. The Balaban J connectivity index is 1.25. The summed E-state index contributed by atoms with van der Waals surface area (Å²) in [5, 5.41) is 7.47. The van der Waals surface area contributed by atoms with E-state index in [4.69, 9.17) is 20.4 Å². The first kappa shape index (κ1) is 21.9. The van der Waals surface area contributed by atoms with Crippen LogP contribution in [0, 0.1) is 0 Å². The topological polar surface area (TPSA) is 31.2 Å². The molecule has 4 heteroatoms. The van der Waals surface area contributed by atoms with E-state index in [1.54, 1.807) is 0 Å². The molecule has 6 aromatic carbocycles. The highest BCUT2D eigenvalue weighted by atomic mass is 35.5. The van der Waals surface area contributed by atoms with E-state index >= 15 is 0 Å². The molecule has 188 valence electrons. The highest BCUT2D eigenvalue weighted by Crippen LogP contribution is 2.38. The van der Waals surface area contributed by atoms with Crippen molar-refractivity contribution in [1.82, 2.24) is 4.57 Å². The van der Waals surface area contributed by atoms with Gasteiger partial charge in [0.25, 0.3) is 0 Å². The molecule has 3 heterocycles. The van der Waals surface area contributed by atoms with Crippen LogP contribution in [0.3, 0.4) is 0 Å². The zero-order valence-electron chi connectivity index (χ0n) is 21.2. The smallest absolute Gasteiger partial charge is 0.135 e. The fourth-order valence-electron chi connectivity index (χ4n) is 6.21. The van der Waals surface area contributed by atoms with Crippen molar-refractivity contribution in [2.24, 2.45) is 0 Å². The second-order valence-corrected chi connectivity index (χ2v) is 10.8. The van der Waals surface area contributed by atoms with E-state index < -0.39 is 0 Å². The maximum absolute atomic E-state index is 6.30. The number of hydrogen-bond acceptors (Lipinski definition) is 2. The molecule has 0 spiro atoms. The van der Waals surface area contributed by atoms with Crippen molar-refractivity contribution < 1.29 is 8.83 Å². The van der Waals surface area contributed by atoms with E-state index in [0.717, 1.165) is 60.7 Å². The van der Waals surface area contributed by atoms with E-state index in [-0.39, 0.29) is 0 Å². The average molecular weight is 534 g/mol. The maximum atomic E-state index is 6.30. The minimum Gasteiger partial charge on any atom is -0.456 e. The molecule has 0 fully saturated rings. The Labute approximate surface area is 233 Å². The molecule has 0 saturated carbocycles. The summed E-state index contributed by atoms with van der Waals surface area (Å²) in [5.41, 5.74) is 9.18. The normalized spacial score (nSPS) is 12.1. The lowest BCUT2D eigenvalue weighted by atomic mass is 10.0. The first-order valence-corrected chi connectivity index (χ1v) is 13.7. The van der Waals surface area contributed by atoms with Crippen molar-refractivity contribution in [1.29, 1.82) is 0 Å². The van der Waals surface area contributed by atoms with E-state index in [9.17, 15) is 0 Å². The minimum absolute atomic E-state index is 0.700. The molecule has 0 bridgehead atoms. The van der Waals surface area contributed by atoms with Crippen LogP contribution in [0.15, 0.2) is 130 Å². The highest BCUT2D eigenvalue weighted by molar-refractivity contribution is 6.31. The number of nitrogens with zero attached hydrogens (tertiary/aromatic N) is 1. The number of para-hydroxylation sites is 2. The van der Waals surface area contributed by atoms with Crippen LogP contribution in [0.5, 0.6) is 0 Å². The first-order valence-electron chi connectivity index (χ1n) is 13.3. The third-order valence-corrected chi connectivity index (χ3v) is 8.29. The number of halogens is 1. The molecule has 0 aliphatic rings. The molecular weight excluding hydrogens is 514 g/mol. The standard InChI is InChI=1S/C36H20ClNO2/c37-23-11-15-35-29(19-23)27-17-21(9-13-33(27)39-35)22-10-14-34-28(18-22)30-20-24(12-16-36(30)40-34)38-31-7-3-1-5-25(31)26-6-2-4-8-32(26)38/h1-20H. The molecule has 0 N–H and O–H groups in total. The van der Waals surface area contributed by atoms with E-state index in [0.29, 0.717) is 5.02 Å². The molecule has 0 aliphatic carbocycles. The molecule has 3 aromatic heterocycles. The molecule has 0 radical (unpaired) electrons. The van der Waals surface area contributed by atoms with Gasteiger partial charge in [-0.1, -0.05) is 60.1 Å². The number of aromatic nitrogens is 1. The zero-order valence-corrected chi connectivity index (χ0v) is 21.9. The Morgan fingerprint density at radius 1 is 0.425 bits per heavy atom. The van der Waals surface area contributed by atoms with Crippen LogP contribution in [0.1, 0.15) is 0 Å². The van der Waals surface area contributed by atoms with Crippen LogP contribution in [0.4, 0.5) is 0 Å². The number of furan rings is 2. The number of benzene rings is 6. The van der Waals surface area contributed by atoms with Gasteiger partial charge in [0.2, 0.25) is 0 Å². The number of fused-ring (bicyclic) bond motifs is 9. The van der Waals surface area contributed by atoms with Crippen LogP contribution in [0.25, 0.3) is 82.5 Å². The van der Waals surface area contributed by atoms with Crippen molar-refractivity contribution in [3.63, 3.8) is 0 Å². The van der Waals surface area contributed by atoms with Gasteiger partial charge in [0, 0.05) is 43.0 Å².